The SMILES string of the molecule is [Tb].[Tb].[Tb].[Tb].[Tb].[Tb].[Tb].[Tb].[Tb].[Tb].[Tb].[Tb].[Tb].[Tb].[Tb].[Tb].[Tb].[Tb].[Tb].[Tb].[Tb].[Tb].[Tb].[Tb].[Tb].[Tb].[Tb].[Tb].[Tb].[Tb].[Tb].[Tb].[Tb].[Tb].[Tb].[Tb].[Tb].[Tb].[Tb].[Tb].[Tb].[Tb].[Tb].[Tb].[Tb].[Tb].[Tb].[Tb].[Tb].[Tb].[Tb].[Tb].[Tb].[Tb].[Tb].[Tb].[Tb].[Tb].[Tb].[Tb].[Tb].[Tb].[Tb].[Tb].[Tb].[Tb].[Tb].[Tb].[Tb].[Tb].[Tb].[Tb].[Tb].[Tb].[Tb].[Tb].[Tb].[Tb].[Tb].[Tb].[Tb].[Tb].[Tb].[Tb].[Tb].[Tb].[Tb].[Tb].[Tb].[Tb].[Tb].[Tb].[Tb].[Tb].[Tb].[Tb].[Tb].[Tb].[Tb].[Tb].[Tb].[Tb].[Tb].[Tb].[Tb].[Tb].[Tb].[Tb].[Tb].[Tb].[Tb].[Tb].[Tb].[Tb].[Tb].[Tb].[Tb].[Tb].[Tb].[Tb].[Tb].[Tb].[Tb].[Tb].[Tb].[Tb].[Tb].[Tb].[Tb].[Tb].[Tb]. The molecule has 0 aromatic rings. The van der Waals surface area contributed by atoms with Gasteiger partial charge in [0.2, 0.25) is 0 Å². The van der Waals surface area contributed by atoms with Gasteiger partial charge < -0.3 is 0 Å². The third-order valence-corrected chi connectivity index (χ3v) is 0. The summed E-state index contributed by atoms with van der Waals surface area (Å²) in [5.41, 5.74) is 0. The number of rotatable bonds is 0. The Morgan fingerprint density at radius 3 is 0.00763 bits per heavy atom. The van der Waals surface area contributed by atoms with Gasteiger partial charge in [-0.1, -0.05) is 0 Å². The summed E-state index contributed by atoms with van der Waals surface area (Å²) in [5, 5.41) is 0. The predicted molar refractivity (Wildman–Crippen MR) is 0 cm³/mol. The molecule has 131 radical (unpaired) electrons. The van der Waals surface area contributed by atoms with Crippen molar-refractivity contribution >= 4 is 0 Å². The average Bonchev–Trinajstić information content (AvgIpc) is 0. The minimum Gasteiger partial charge on any atom is 0 e. The number of hydrogen-bond acceptors (Lipinski definition) is 0. The molecule has 0 rings (SSSR count). The van der Waals surface area contributed by atoms with Crippen molar-refractivity contribution in [1.82, 2.24) is 0 Å². The summed E-state index contributed by atoms with van der Waals surface area (Å²) in [4.78, 5) is 0. The van der Waals surface area contributed by atoms with Gasteiger partial charge in [0.05, 0.1) is 0 Å². The van der Waals surface area contributed by atoms with E-state index in [0.717, 1.165) is 0 Å². The molecule has 0 aliphatic heterocycles. The second-order valence-electron chi connectivity index (χ2n) is 0. The van der Waals surface area contributed by atoms with Crippen molar-refractivity contribution in [2.45, 2.75) is 0 Å². The van der Waals surface area contributed by atoms with Crippen LogP contribution in [0.25, 0.3) is 0 Å². The predicted octanol–water partition coefficient (Wildman–Crippen LogP) is 0. The molecule has 0 aromatic carbocycles. The van der Waals surface area contributed by atoms with Crippen LogP contribution < -0.4 is 0 Å². The molecular weight excluding hydrogens is 20800 g/mol. The van der Waals surface area contributed by atoms with Crippen molar-refractivity contribution in [1.29, 1.82) is 0 Å². The van der Waals surface area contributed by atoms with Crippen LogP contribution in [0.15, 0.2) is 0 Å². The van der Waals surface area contributed by atoms with E-state index < -0.39 is 0 Å². The zero-order chi connectivity index (χ0) is 0. The minimum absolute atomic E-state index is 0. The molecule has 0 heterocycles. The molecule has 0 N–H and O–H groups in total. The van der Waals surface area contributed by atoms with Crippen molar-refractivity contribution in [2.24, 2.45) is 0 Å². The summed E-state index contributed by atoms with van der Waals surface area (Å²) in [7, 11) is 0. The molecule has 0 nitrogen and oxygen atoms in total. The van der Waals surface area contributed by atoms with Crippen molar-refractivity contribution in [2.75, 3.05) is 0 Å². The minimum atomic E-state index is 0. The topological polar surface area (TPSA) is 0 Å². The fourth-order valence-corrected chi connectivity index (χ4v) is 0. The fourth-order valence-electron chi connectivity index (χ4n) is 0. The van der Waals surface area contributed by atoms with Gasteiger partial charge in [-0.3, -0.25) is 0 Å². The Bertz CT molecular complexity index is 0. The van der Waals surface area contributed by atoms with Gasteiger partial charge in [0.25, 0.3) is 0 Å². The molecule has 0 aliphatic rings. The van der Waals surface area contributed by atoms with E-state index in [9.17, 15) is 0 Å². The first kappa shape index (κ1) is 940. The van der Waals surface area contributed by atoms with Crippen molar-refractivity contribution in [3.05, 3.63) is 0 Å². The van der Waals surface area contributed by atoms with E-state index in [4.69, 9.17) is 0 Å². The average molecular weight is 20800 g/mol. The maximum atomic E-state index is 0. The standard InChI is InChI=1S/131Tb. The molecule has 131 heavy (non-hydrogen) atoms. The molecular formula is Tb131. The largest absolute Gasteiger partial charge is 0 e. The first-order valence-electron chi connectivity index (χ1n) is 0. The van der Waals surface area contributed by atoms with Crippen LogP contribution in [0.1, 0.15) is 0 Å². The zero-order valence-electron chi connectivity index (χ0n) is 43.7. The van der Waals surface area contributed by atoms with Crippen LogP contribution in [0.4, 0.5) is 0 Å². The summed E-state index contributed by atoms with van der Waals surface area (Å²) in [6.45, 7) is 0. The van der Waals surface area contributed by atoms with E-state index in [-0.39, 0.29) is 5060 Å². The van der Waals surface area contributed by atoms with Crippen molar-refractivity contribution in [3.63, 3.8) is 0 Å². The molecule has 0 bridgehead atoms. The van der Waals surface area contributed by atoms with Crippen LogP contribution in [0.2, 0.25) is 0 Å². The Hall–Kier alpha value is 168. The van der Waals surface area contributed by atoms with E-state index in [2.05, 4.69) is 0 Å². The Morgan fingerprint density at radius 2 is 0.00763 bits per heavy atom. The van der Waals surface area contributed by atoms with Crippen molar-refractivity contribution in [3.8, 4) is 0 Å². The van der Waals surface area contributed by atoms with Gasteiger partial charge in [-0.05, 0) is 0 Å². The van der Waals surface area contributed by atoms with E-state index in [1.54, 1.807) is 0 Å². The Kier molecular flexibility index (Phi) is 6680. The van der Waals surface area contributed by atoms with Gasteiger partial charge in [-0.25, -0.2) is 0 Å². The quantitative estimate of drug-likeness (QED) is 0.321. The van der Waals surface area contributed by atoms with Gasteiger partial charge >= 0.3 is 0 Å². The van der Waals surface area contributed by atoms with Gasteiger partial charge in [0, 0.05) is 5060 Å². The van der Waals surface area contributed by atoms with Crippen LogP contribution in [-0.4, -0.2) is 0 Å². The monoisotopic (exact) mass is 20800 g/mol. The summed E-state index contributed by atoms with van der Waals surface area (Å²) in [5.74, 6) is 0. The molecule has 0 atom stereocenters. The summed E-state index contributed by atoms with van der Waals surface area (Å²) in [6.07, 6.45) is 0. The van der Waals surface area contributed by atoms with Crippen LogP contribution in [0.5, 0.6) is 0 Å². The first-order chi connectivity index (χ1) is 0. The molecule has 0 saturated heterocycles. The van der Waals surface area contributed by atoms with Gasteiger partial charge in [0.1, 0.15) is 0 Å². The molecule has 0 aromatic heterocycles. The Labute approximate surface area is 4840 Å². The maximum absolute atomic E-state index is 0. The summed E-state index contributed by atoms with van der Waals surface area (Å²) >= 11 is 0. The van der Waals surface area contributed by atoms with E-state index in [0.29, 0.717) is 0 Å². The van der Waals surface area contributed by atoms with E-state index >= 15 is 0 Å². The second kappa shape index (κ2) is 931. The van der Waals surface area contributed by atoms with Crippen LogP contribution in [0, 0.1) is 5060 Å². The van der Waals surface area contributed by atoms with Crippen LogP contribution >= 0.6 is 0 Å². The molecule has 0 amide bonds. The smallest absolute Gasteiger partial charge is 0 e. The van der Waals surface area contributed by atoms with Gasteiger partial charge in [0.15, 0.2) is 0 Å². The normalized spacial score (nSPS) is 0. The van der Waals surface area contributed by atoms with E-state index in [1.165, 1.54) is 0 Å². The third-order valence-electron chi connectivity index (χ3n) is 0. The molecule has 1179 valence electrons. The molecule has 0 spiro atoms. The van der Waals surface area contributed by atoms with Gasteiger partial charge in [-0.2, -0.15) is 0 Å². The second-order valence-corrected chi connectivity index (χ2v) is 0. The summed E-state index contributed by atoms with van der Waals surface area (Å²) in [6, 6.07) is 0. The number of hydrogen-bond donors (Lipinski definition) is 0. The Balaban J connectivity index is 0. The first-order valence-corrected chi connectivity index (χ1v) is 0. The molecule has 0 aliphatic carbocycles. The zero-order valence-corrected chi connectivity index (χ0v) is 324. The fraction of sp³-hybridized carbons (Fsp3) is 0. The Morgan fingerprint density at radius 1 is 0.00763 bits per heavy atom. The van der Waals surface area contributed by atoms with Crippen LogP contribution in [-0.2, 0) is 0 Å². The maximum Gasteiger partial charge on any atom is 0 e. The molecule has 0 saturated carbocycles. The molecule has 0 unspecified atom stereocenters. The molecule has 0 fully saturated rings. The molecule has 131 heteroatoms. The van der Waals surface area contributed by atoms with E-state index in [1.807, 2.05) is 0 Å². The summed E-state index contributed by atoms with van der Waals surface area (Å²) < 4.78 is 0. The van der Waals surface area contributed by atoms with Crippen LogP contribution in [0.3, 0.4) is 0 Å². The van der Waals surface area contributed by atoms with Crippen molar-refractivity contribution < 1.29 is 5060 Å². The third kappa shape index (κ3) is 924. The van der Waals surface area contributed by atoms with Gasteiger partial charge in [-0.15, -0.1) is 0 Å².